The molecule has 112 valence electrons. The number of aliphatic hydroxyl groups is 1. The topological polar surface area (TPSA) is 53.7 Å². The summed E-state index contributed by atoms with van der Waals surface area (Å²) in [6.07, 6.45) is 0.812. The molecular formula is C17H21NO3. The fraction of sp³-hybridized carbons (Fsp3) is 0.471. The quantitative estimate of drug-likeness (QED) is 0.924. The van der Waals surface area contributed by atoms with E-state index in [4.69, 9.17) is 4.42 Å². The first-order valence-electron chi connectivity index (χ1n) is 7.47. The molecule has 0 spiro atoms. The SMILES string of the molecule is CCc1oc2ccccc2c1C(=O)N1CC[C@H](O)C1(C)C. The van der Waals surface area contributed by atoms with Crippen molar-refractivity contribution in [3.8, 4) is 0 Å². The van der Waals surface area contributed by atoms with Gasteiger partial charge in [-0.1, -0.05) is 25.1 Å². The Labute approximate surface area is 124 Å². The Bertz CT molecular complexity index is 686. The number of amides is 1. The zero-order valence-corrected chi connectivity index (χ0v) is 12.7. The van der Waals surface area contributed by atoms with Gasteiger partial charge in [-0.2, -0.15) is 0 Å². The van der Waals surface area contributed by atoms with Gasteiger partial charge in [0.1, 0.15) is 11.3 Å². The zero-order valence-electron chi connectivity index (χ0n) is 12.7. The third-order valence-electron chi connectivity index (χ3n) is 4.59. The van der Waals surface area contributed by atoms with E-state index >= 15 is 0 Å². The minimum atomic E-state index is -0.541. The van der Waals surface area contributed by atoms with E-state index < -0.39 is 11.6 Å². The number of nitrogens with zero attached hydrogens (tertiary/aromatic N) is 1. The van der Waals surface area contributed by atoms with Crippen LogP contribution in [0.2, 0.25) is 0 Å². The van der Waals surface area contributed by atoms with Crippen LogP contribution in [0, 0.1) is 0 Å². The highest BCUT2D eigenvalue weighted by Gasteiger charge is 2.44. The summed E-state index contributed by atoms with van der Waals surface area (Å²) in [5, 5.41) is 11.0. The first kappa shape index (κ1) is 14.1. The number of likely N-dealkylation sites (tertiary alicyclic amines) is 1. The molecule has 0 radical (unpaired) electrons. The molecule has 0 bridgehead atoms. The second-order valence-electron chi connectivity index (χ2n) is 6.16. The lowest BCUT2D eigenvalue weighted by Crippen LogP contribution is -2.48. The van der Waals surface area contributed by atoms with Crippen LogP contribution in [0.1, 0.15) is 43.3 Å². The predicted octanol–water partition coefficient (Wildman–Crippen LogP) is 2.98. The van der Waals surface area contributed by atoms with Crippen LogP contribution in [0.3, 0.4) is 0 Å². The van der Waals surface area contributed by atoms with Crippen molar-refractivity contribution < 1.29 is 14.3 Å². The van der Waals surface area contributed by atoms with Crippen molar-refractivity contribution >= 4 is 16.9 Å². The van der Waals surface area contributed by atoms with Gasteiger partial charge in [0, 0.05) is 18.4 Å². The Hall–Kier alpha value is -1.81. The number of benzene rings is 1. The average Bonchev–Trinajstić information content (AvgIpc) is 2.96. The second-order valence-corrected chi connectivity index (χ2v) is 6.16. The van der Waals surface area contributed by atoms with Gasteiger partial charge in [-0.3, -0.25) is 4.79 Å². The van der Waals surface area contributed by atoms with Crippen molar-refractivity contribution in [2.45, 2.75) is 45.3 Å². The van der Waals surface area contributed by atoms with Gasteiger partial charge in [-0.25, -0.2) is 0 Å². The normalized spacial score (nSPS) is 21.1. The summed E-state index contributed by atoms with van der Waals surface area (Å²) < 4.78 is 5.81. The molecule has 3 rings (SSSR count). The Balaban J connectivity index is 2.10. The summed E-state index contributed by atoms with van der Waals surface area (Å²) in [5.74, 6) is 0.678. The molecule has 1 aliphatic rings. The molecular weight excluding hydrogens is 266 g/mol. The van der Waals surface area contributed by atoms with Crippen LogP contribution < -0.4 is 0 Å². The van der Waals surface area contributed by atoms with E-state index in [-0.39, 0.29) is 5.91 Å². The number of aliphatic hydroxyl groups excluding tert-OH is 1. The molecule has 4 heteroatoms. The molecule has 21 heavy (non-hydrogen) atoms. The number of carbonyl (C=O) groups is 1. The summed E-state index contributed by atoms with van der Waals surface area (Å²) in [4.78, 5) is 14.8. The number of furan rings is 1. The van der Waals surface area contributed by atoms with Crippen LogP contribution in [-0.4, -0.2) is 34.1 Å². The van der Waals surface area contributed by atoms with Crippen molar-refractivity contribution in [1.29, 1.82) is 0 Å². The number of fused-ring (bicyclic) bond motifs is 1. The lowest BCUT2D eigenvalue weighted by atomic mass is 9.97. The molecule has 2 heterocycles. The van der Waals surface area contributed by atoms with Crippen LogP contribution in [0.4, 0.5) is 0 Å². The summed E-state index contributed by atoms with van der Waals surface area (Å²) in [7, 11) is 0. The van der Waals surface area contributed by atoms with Crippen molar-refractivity contribution in [1.82, 2.24) is 4.90 Å². The van der Waals surface area contributed by atoms with E-state index in [1.807, 2.05) is 45.0 Å². The van der Waals surface area contributed by atoms with Crippen molar-refractivity contribution in [3.63, 3.8) is 0 Å². The van der Waals surface area contributed by atoms with E-state index in [0.29, 0.717) is 24.9 Å². The molecule has 0 unspecified atom stereocenters. The van der Waals surface area contributed by atoms with Gasteiger partial charge < -0.3 is 14.4 Å². The highest BCUT2D eigenvalue weighted by Crippen LogP contribution is 2.34. The number of rotatable bonds is 2. The Kier molecular flexibility index (Phi) is 3.29. The molecule has 4 nitrogen and oxygen atoms in total. The average molecular weight is 287 g/mol. The Morgan fingerprint density at radius 1 is 1.43 bits per heavy atom. The third kappa shape index (κ3) is 2.05. The lowest BCUT2D eigenvalue weighted by Gasteiger charge is -2.33. The first-order chi connectivity index (χ1) is 9.96. The smallest absolute Gasteiger partial charge is 0.258 e. The van der Waals surface area contributed by atoms with E-state index in [0.717, 1.165) is 16.7 Å². The van der Waals surface area contributed by atoms with E-state index in [1.54, 1.807) is 4.90 Å². The molecule has 1 aromatic heterocycles. The summed E-state index contributed by atoms with van der Waals surface area (Å²) in [5.41, 5.74) is 0.853. The van der Waals surface area contributed by atoms with Crippen molar-refractivity contribution in [2.75, 3.05) is 6.54 Å². The van der Waals surface area contributed by atoms with Gasteiger partial charge in [-0.05, 0) is 26.3 Å². The maximum absolute atomic E-state index is 13.0. The highest BCUT2D eigenvalue weighted by molar-refractivity contribution is 6.07. The highest BCUT2D eigenvalue weighted by atomic mass is 16.3. The van der Waals surface area contributed by atoms with Crippen LogP contribution in [0.5, 0.6) is 0 Å². The minimum absolute atomic E-state index is 0.0432. The van der Waals surface area contributed by atoms with Crippen LogP contribution in [0.25, 0.3) is 11.0 Å². The predicted molar refractivity (Wildman–Crippen MR) is 81.3 cm³/mol. The zero-order chi connectivity index (χ0) is 15.2. The molecule has 0 saturated carbocycles. The monoisotopic (exact) mass is 287 g/mol. The molecule has 1 amide bonds. The van der Waals surface area contributed by atoms with Crippen LogP contribution in [0.15, 0.2) is 28.7 Å². The fourth-order valence-corrected chi connectivity index (χ4v) is 3.15. The molecule has 1 aromatic carbocycles. The van der Waals surface area contributed by atoms with Gasteiger partial charge >= 0.3 is 0 Å². The molecule has 1 aliphatic heterocycles. The van der Waals surface area contributed by atoms with Gasteiger partial charge in [0.15, 0.2) is 0 Å². The Morgan fingerprint density at radius 3 is 2.76 bits per heavy atom. The van der Waals surface area contributed by atoms with Gasteiger partial charge in [0.25, 0.3) is 5.91 Å². The molecule has 1 atom stereocenters. The number of hydrogen-bond acceptors (Lipinski definition) is 3. The molecule has 0 aliphatic carbocycles. The second kappa shape index (κ2) is 4.88. The summed E-state index contributed by atoms with van der Waals surface area (Å²) >= 11 is 0. The molecule has 1 N–H and O–H groups in total. The molecule has 1 saturated heterocycles. The van der Waals surface area contributed by atoms with Crippen molar-refractivity contribution in [3.05, 3.63) is 35.6 Å². The molecule has 1 fully saturated rings. The maximum atomic E-state index is 13.0. The standard InChI is InChI=1S/C17H21NO3/c1-4-12-15(11-7-5-6-8-13(11)21-12)16(20)18-10-9-14(19)17(18,2)3/h5-8,14,19H,4,9-10H2,1-3H3/t14-/m0/s1. The summed E-state index contributed by atoms with van der Waals surface area (Å²) in [6, 6.07) is 7.63. The number of aryl methyl sites for hydroxylation is 1. The minimum Gasteiger partial charge on any atom is -0.460 e. The largest absolute Gasteiger partial charge is 0.460 e. The van der Waals surface area contributed by atoms with Gasteiger partial charge in [-0.15, -0.1) is 0 Å². The third-order valence-corrected chi connectivity index (χ3v) is 4.59. The van der Waals surface area contributed by atoms with Gasteiger partial charge in [0.2, 0.25) is 0 Å². The summed E-state index contributed by atoms with van der Waals surface area (Å²) in [6.45, 7) is 6.39. The van der Waals surface area contributed by atoms with E-state index in [9.17, 15) is 9.90 Å². The molecule has 2 aromatic rings. The fourth-order valence-electron chi connectivity index (χ4n) is 3.15. The first-order valence-corrected chi connectivity index (χ1v) is 7.47. The number of para-hydroxylation sites is 1. The van der Waals surface area contributed by atoms with Crippen LogP contribution in [-0.2, 0) is 6.42 Å². The van der Waals surface area contributed by atoms with Crippen molar-refractivity contribution in [2.24, 2.45) is 0 Å². The number of carbonyl (C=O) groups excluding carboxylic acids is 1. The van der Waals surface area contributed by atoms with Crippen LogP contribution >= 0.6 is 0 Å². The Morgan fingerprint density at radius 2 is 2.14 bits per heavy atom. The van der Waals surface area contributed by atoms with Gasteiger partial charge in [0.05, 0.1) is 17.2 Å². The lowest BCUT2D eigenvalue weighted by molar-refractivity contribution is 0.0394. The van der Waals surface area contributed by atoms with E-state index in [2.05, 4.69) is 0 Å². The maximum Gasteiger partial charge on any atom is 0.258 e. The number of hydrogen-bond donors (Lipinski definition) is 1. The van der Waals surface area contributed by atoms with E-state index in [1.165, 1.54) is 0 Å².